The molecular weight excluding hydrogens is 328 g/mol. The molecule has 2 rings (SSSR count). The Morgan fingerprint density at radius 3 is 2.71 bits per heavy atom. The minimum atomic E-state index is -0.688. The van der Waals surface area contributed by atoms with Gasteiger partial charge in [0.05, 0.1) is 32.2 Å². The Labute approximate surface area is 145 Å². The van der Waals surface area contributed by atoms with Crippen LogP contribution in [0.2, 0.25) is 0 Å². The average molecular weight is 350 g/mol. The summed E-state index contributed by atoms with van der Waals surface area (Å²) in [6, 6.07) is 5.59. The molecule has 2 atom stereocenters. The minimum absolute atomic E-state index is 0.0231. The van der Waals surface area contributed by atoms with Crippen molar-refractivity contribution >= 4 is 33.7 Å². The van der Waals surface area contributed by atoms with Crippen LogP contribution in [0.3, 0.4) is 0 Å². The Balaban J connectivity index is 2.53. The summed E-state index contributed by atoms with van der Waals surface area (Å²) in [5.74, 6) is -0.328. The Morgan fingerprint density at radius 1 is 1.38 bits per heavy atom. The molecule has 0 spiro atoms. The van der Waals surface area contributed by atoms with Crippen LogP contribution in [0.15, 0.2) is 18.2 Å². The molecule has 0 aliphatic rings. The fourth-order valence-electron chi connectivity index (χ4n) is 2.67. The number of carbonyl (C=O) groups excluding carboxylic acids is 2. The second-order valence-corrected chi connectivity index (χ2v) is 6.50. The number of benzene rings is 1. The quantitative estimate of drug-likeness (QED) is 0.582. The van der Waals surface area contributed by atoms with E-state index in [1.54, 1.807) is 14.0 Å². The maximum atomic E-state index is 11.8. The highest BCUT2D eigenvalue weighted by Gasteiger charge is 2.26. The second-order valence-electron chi connectivity index (χ2n) is 5.42. The van der Waals surface area contributed by atoms with Crippen LogP contribution in [0.5, 0.6) is 5.75 Å². The number of hydrogen-bond acceptors (Lipinski definition) is 6. The Morgan fingerprint density at radius 2 is 2.12 bits per heavy atom. The summed E-state index contributed by atoms with van der Waals surface area (Å²) in [7, 11) is 1.59. The number of fused-ring (bicyclic) bond motifs is 1. The van der Waals surface area contributed by atoms with Gasteiger partial charge < -0.3 is 19.4 Å². The summed E-state index contributed by atoms with van der Waals surface area (Å²) >= 11 is 1.41. The molecule has 1 aromatic heterocycles. The topological polar surface area (TPSA) is 72.8 Å². The molecule has 0 saturated heterocycles. The number of carbonyl (C=O) groups is 2. The smallest absolute Gasteiger partial charge is 0.306 e. The molecule has 2 unspecified atom stereocenters. The van der Waals surface area contributed by atoms with Crippen LogP contribution >= 0.6 is 11.3 Å². The van der Waals surface area contributed by atoms with Crippen LogP contribution < -0.4 is 4.74 Å². The lowest BCUT2D eigenvalue weighted by Crippen LogP contribution is -2.12. The summed E-state index contributed by atoms with van der Waals surface area (Å²) in [6.07, 6.45) is 0.567. The summed E-state index contributed by atoms with van der Waals surface area (Å²) in [5, 5.41) is 11.3. The number of rotatable bonds is 8. The SMILES string of the molecule is CCOC(=O)CC(C=O)c1sc2cc(OC)ccc2c1C(O)CC. The third-order valence-corrected chi connectivity index (χ3v) is 5.18. The molecule has 24 heavy (non-hydrogen) atoms. The number of aldehydes is 1. The lowest BCUT2D eigenvalue weighted by Gasteiger charge is -2.14. The first-order valence-corrected chi connectivity index (χ1v) is 8.76. The predicted molar refractivity (Wildman–Crippen MR) is 93.7 cm³/mol. The van der Waals surface area contributed by atoms with E-state index in [1.807, 2.05) is 25.1 Å². The molecule has 0 aliphatic carbocycles. The Hall–Kier alpha value is -1.92. The third kappa shape index (κ3) is 3.76. The Bertz CT molecular complexity index is 722. The average Bonchev–Trinajstić information content (AvgIpc) is 2.97. The van der Waals surface area contributed by atoms with E-state index in [0.717, 1.165) is 26.8 Å². The largest absolute Gasteiger partial charge is 0.497 e. The van der Waals surface area contributed by atoms with Gasteiger partial charge >= 0.3 is 5.97 Å². The van der Waals surface area contributed by atoms with Gasteiger partial charge in [-0.05, 0) is 36.9 Å². The van der Waals surface area contributed by atoms with Gasteiger partial charge in [0.25, 0.3) is 0 Å². The molecule has 1 N–H and O–H groups in total. The molecule has 1 aromatic carbocycles. The monoisotopic (exact) mass is 350 g/mol. The van der Waals surface area contributed by atoms with Crippen molar-refractivity contribution in [3.63, 3.8) is 0 Å². The molecule has 0 amide bonds. The number of methoxy groups -OCH3 is 1. The van der Waals surface area contributed by atoms with Crippen molar-refractivity contribution in [1.29, 1.82) is 0 Å². The van der Waals surface area contributed by atoms with Gasteiger partial charge in [-0.3, -0.25) is 4.79 Å². The summed E-state index contributed by atoms with van der Waals surface area (Å²) in [4.78, 5) is 24.1. The third-order valence-electron chi connectivity index (χ3n) is 3.88. The van der Waals surface area contributed by atoms with Gasteiger partial charge in [0, 0.05) is 15.1 Å². The van der Waals surface area contributed by atoms with E-state index >= 15 is 0 Å². The van der Waals surface area contributed by atoms with Crippen molar-refractivity contribution in [1.82, 2.24) is 0 Å². The summed E-state index contributed by atoms with van der Waals surface area (Å²) < 4.78 is 11.1. The number of hydrogen-bond donors (Lipinski definition) is 1. The van der Waals surface area contributed by atoms with E-state index in [4.69, 9.17) is 9.47 Å². The van der Waals surface area contributed by atoms with Gasteiger partial charge in [-0.25, -0.2) is 0 Å². The zero-order valence-electron chi connectivity index (χ0n) is 14.1. The fourth-order valence-corrected chi connectivity index (χ4v) is 4.01. The molecule has 130 valence electrons. The predicted octanol–water partition coefficient (Wildman–Crippen LogP) is 3.59. The zero-order valence-corrected chi connectivity index (χ0v) is 14.9. The van der Waals surface area contributed by atoms with E-state index in [1.165, 1.54) is 11.3 Å². The minimum Gasteiger partial charge on any atom is -0.497 e. The molecule has 0 radical (unpaired) electrons. The molecule has 0 aliphatic heterocycles. The van der Waals surface area contributed by atoms with Crippen molar-refractivity contribution < 1.29 is 24.2 Å². The highest BCUT2D eigenvalue weighted by Crippen LogP contribution is 2.42. The molecule has 0 saturated carbocycles. The van der Waals surface area contributed by atoms with Crippen molar-refractivity contribution in [3.05, 3.63) is 28.6 Å². The molecule has 5 nitrogen and oxygen atoms in total. The molecule has 1 heterocycles. The van der Waals surface area contributed by atoms with Gasteiger partial charge in [-0.2, -0.15) is 0 Å². The maximum absolute atomic E-state index is 11.8. The van der Waals surface area contributed by atoms with Crippen molar-refractivity contribution in [3.8, 4) is 5.75 Å². The van der Waals surface area contributed by atoms with E-state index in [9.17, 15) is 14.7 Å². The van der Waals surface area contributed by atoms with Gasteiger partial charge in [-0.1, -0.05) is 6.92 Å². The van der Waals surface area contributed by atoms with Crippen molar-refractivity contribution in [2.45, 2.75) is 38.7 Å². The van der Waals surface area contributed by atoms with Gasteiger partial charge in [-0.15, -0.1) is 11.3 Å². The van der Waals surface area contributed by atoms with Gasteiger partial charge in [0.2, 0.25) is 0 Å². The lowest BCUT2D eigenvalue weighted by molar-refractivity contribution is -0.144. The van der Waals surface area contributed by atoms with E-state index < -0.39 is 18.0 Å². The molecule has 0 bridgehead atoms. The van der Waals surface area contributed by atoms with Crippen molar-refractivity contribution in [2.24, 2.45) is 0 Å². The van der Waals surface area contributed by atoms with E-state index in [0.29, 0.717) is 12.2 Å². The van der Waals surface area contributed by atoms with Crippen LogP contribution in [-0.2, 0) is 14.3 Å². The van der Waals surface area contributed by atoms with Crippen LogP contribution in [-0.4, -0.2) is 31.1 Å². The number of aliphatic hydroxyl groups excluding tert-OH is 1. The van der Waals surface area contributed by atoms with Crippen LogP contribution in [0, 0.1) is 0 Å². The first-order valence-electron chi connectivity index (χ1n) is 7.94. The normalized spacial score (nSPS) is 13.5. The van der Waals surface area contributed by atoms with Crippen LogP contribution in [0.4, 0.5) is 0 Å². The number of ether oxygens (including phenoxy) is 2. The first kappa shape index (κ1) is 18.4. The lowest BCUT2D eigenvalue weighted by atomic mass is 9.95. The highest BCUT2D eigenvalue weighted by molar-refractivity contribution is 7.19. The summed E-state index contributed by atoms with van der Waals surface area (Å²) in [5.41, 5.74) is 0.724. The van der Waals surface area contributed by atoms with Crippen LogP contribution in [0.1, 0.15) is 49.2 Å². The first-order chi connectivity index (χ1) is 11.5. The summed E-state index contributed by atoms with van der Waals surface area (Å²) in [6.45, 7) is 3.88. The van der Waals surface area contributed by atoms with Gasteiger partial charge in [0.1, 0.15) is 12.0 Å². The maximum Gasteiger partial charge on any atom is 0.306 e. The second kappa shape index (κ2) is 8.26. The van der Waals surface area contributed by atoms with Gasteiger partial charge in [0.15, 0.2) is 0 Å². The Kier molecular flexibility index (Phi) is 6.34. The number of thiophene rings is 1. The number of esters is 1. The molecule has 0 fully saturated rings. The van der Waals surface area contributed by atoms with E-state index in [2.05, 4.69) is 0 Å². The molecule has 6 heteroatoms. The number of aliphatic hydroxyl groups is 1. The molecule has 2 aromatic rings. The standard InChI is InChI=1S/C18H22O5S/c1-4-14(20)17-13-7-6-12(22-3)9-15(13)24-18(17)11(10-19)8-16(21)23-5-2/h6-7,9-11,14,20H,4-5,8H2,1-3H3. The fraction of sp³-hybridized carbons (Fsp3) is 0.444. The molecular formula is C18H22O5S. The zero-order chi connectivity index (χ0) is 17.7. The van der Waals surface area contributed by atoms with Crippen LogP contribution in [0.25, 0.3) is 10.1 Å². The van der Waals surface area contributed by atoms with Crippen molar-refractivity contribution in [2.75, 3.05) is 13.7 Å². The van der Waals surface area contributed by atoms with E-state index in [-0.39, 0.29) is 13.0 Å². The highest BCUT2D eigenvalue weighted by atomic mass is 32.1.